The standard InChI is InChI=1S/C20H14FN3O3/c1-11-18(14-4-2-3-5-15(14)21)23-24-17(25)10-16(22-19(11)24)12-6-8-13(9-7-12)20(26)27/h2-10,22H,1H3,(H,26,27). The van der Waals surface area contributed by atoms with Crippen LogP contribution in [0.4, 0.5) is 4.39 Å². The molecule has 0 aliphatic carbocycles. The van der Waals surface area contributed by atoms with Gasteiger partial charge in [-0.15, -0.1) is 0 Å². The minimum atomic E-state index is -1.02. The van der Waals surface area contributed by atoms with Gasteiger partial charge in [-0.25, -0.2) is 9.18 Å². The number of aromatic amines is 1. The Hall–Kier alpha value is -3.74. The van der Waals surface area contributed by atoms with E-state index in [1.807, 2.05) is 0 Å². The molecule has 2 heterocycles. The highest BCUT2D eigenvalue weighted by Gasteiger charge is 2.17. The molecule has 0 atom stereocenters. The number of nitrogens with one attached hydrogen (secondary N) is 1. The van der Waals surface area contributed by atoms with Crippen LogP contribution in [0.2, 0.25) is 0 Å². The van der Waals surface area contributed by atoms with Crippen LogP contribution in [0.25, 0.3) is 28.2 Å². The lowest BCUT2D eigenvalue weighted by atomic mass is 10.1. The number of carboxylic acid groups (broad SMARTS) is 1. The number of H-pyrrole nitrogens is 1. The number of hydrogen-bond donors (Lipinski definition) is 2. The number of aromatic nitrogens is 3. The maximum absolute atomic E-state index is 14.1. The number of aromatic carboxylic acids is 1. The first-order valence-electron chi connectivity index (χ1n) is 8.17. The first-order chi connectivity index (χ1) is 13.0. The molecule has 6 nitrogen and oxygen atoms in total. The lowest BCUT2D eigenvalue weighted by Crippen LogP contribution is -2.14. The van der Waals surface area contributed by atoms with Gasteiger partial charge >= 0.3 is 5.97 Å². The van der Waals surface area contributed by atoms with Gasteiger partial charge in [0.05, 0.1) is 11.3 Å². The molecule has 0 bridgehead atoms. The molecule has 0 saturated heterocycles. The second-order valence-electron chi connectivity index (χ2n) is 6.12. The summed E-state index contributed by atoms with van der Waals surface area (Å²) in [4.78, 5) is 26.7. The number of hydrogen-bond acceptors (Lipinski definition) is 3. The summed E-state index contributed by atoms with van der Waals surface area (Å²) in [5.41, 5.74) is 2.77. The highest BCUT2D eigenvalue weighted by atomic mass is 19.1. The zero-order chi connectivity index (χ0) is 19.1. The summed E-state index contributed by atoms with van der Waals surface area (Å²) in [6, 6.07) is 13.8. The molecule has 4 aromatic rings. The molecular formula is C20H14FN3O3. The Balaban J connectivity index is 1.89. The zero-order valence-corrected chi connectivity index (χ0v) is 14.2. The minimum absolute atomic E-state index is 0.157. The fraction of sp³-hybridized carbons (Fsp3) is 0.0500. The van der Waals surface area contributed by atoms with Crippen molar-refractivity contribution in [3.05, 3.63) is 81.9 Å². The summed E-state index contributed by atoms with van der Waals surface area (Å²) in [6.07, 6.45) is 0. The van der Waals surface area contributed by atoms with E-state index in [1.54, 1.807) is 37.3 Å². The third-order valence-corrected chi connectivity index (χ3v) is 4.42. The van der Waals surface area contributed by atoms with Crippen molar-refractivity contribution >= 4 is 11.6 Å². The van der Waals surface area contributed by atoms with E-state index in [-0.39, 0.29) is 11.1 Å². The van der Waals surface area contributed by atoms with Gasteiger partial charge in [0.25, 0.3) is 5.56 Å². The first kappa shape index (κ1) is 16.7. The molecule has 0 spiro atoms. The monoisotopic (exact) mass is 363 g/mol. The smallest absolute Gasteiger partial charge is 0.335 e. The van der Waals surface area contributed by atoms with E-state index in [0.29, 0.717) is 33.7 Å². The Bertz CT molecular complexity index is 1240. The molecule has 27 heavy (non-hydrogen) atoms. The minimum Gasteiger partial charge on any atom is -0.478 e. The maximum Gasteiger partial charge on any atom is 0.335 e. The van der Waals surface area contributed by atoms with Crippen LogP contribution in [0.5, 0.6) is 0 Å². The van der Waals surface area contributed by atoms with Crippen LogP contribution < -0.4 is 5.56 Å². The molecular weight excluding hydrogens is 349 g/mol. The predicted octanol–water partition coefficient (Wildman–Crippen LogP) is 3.50. The molecule has 2 aromatic carbocycles. The highest BCUT2D eigenvalue weighted by Crippen LogP contribution is 2.27. The molecule has 7 heteroatoms. The van der Waals surface area contributed by atoms with E-state index in [9.17, 15) is 14.0 Å². The van der Waals surface area contributed by atoms with Crippen molar-refractivity contribution in [2.75, 3.05) is 0 Å². The van der Waals surface area contributed by atoms with Gasteiger partial charge in [-0.1, -0.05) is 24.3 Å². The van der Waals surface area contributed by atoms with Crippen LogP contribution in [-0.4, -0.2) is 25.7 Å². The molecule has 134 valence electrons. The number of carbonyl (C=O) groups is 1. The normalized spacial score (nSPS) is 11.0. The van der Waals surface area contributed by atoms with E-state index >= 15 is 0 Å². The van der Waals surface area contributed by atoms with Crippen LogP contribution >= 0.6 is 0 Å². The van der Waals surface area contributed by atoms with Crippen molar-refractivity contribution in [2.45, 2.75) is 6.92 Å². The Labute approximate surface area is 152 Å². The predicted molar refractivity (Wildman–Crippen MR) is 98.3 cm³/mol. The number of fused-ring (bicyclic) bond motifs is 1. The van der Waals surface area contributed by atoms with E-state index in [0.717, 1.165) is 0 Å². The highest BCUT2D eigenvalue weighted by molar-refractivity contribution is 5.88. The van der Waals surface area contributed by atoms with Gasteiger partial charge in [0.15, 0.2) is 0 Å². The van der Waals surface area contributed by atoms with Gasteiger partial charge in [0, 0.05) is 17.2 Å². The molecule has 0 aliphatic rings. The van der Waals surface area contributed by atoms with Crippen molar-refractivity contribution < 1.29 is 14.3 Å². The van der Waals surface area contributed by atoms with Crippen molar-refractivity contribution in [2.24, 2.45) is 0 Å². The Kier molecular flexibility index (Phi) is 3.84. The molecule has 0 amide bonds. The summed E-state index contributed by atoms with van der Waals surface area (Å²) < 4.78 is 15.3. The zero-order valence-electron chi connectivity index (χ0n) is 14.2. The summed E-state index contributed by atoms with van der Waals surface area (Å²) in [6.45, 7) is 1.76. The maximum atomic E-state index is 14.1. The summed E-state index contributed by atoms with van der Waals surface area (Å²) in [7, 11) is 0. The number of benzene rings is 2. The molecule has 0 fully saturated rings. The van der Waals surface area contributed by atoms with Gasteiger partial charge in [0.1, 0.15) is 17.2 Å². The van der Waals surface area contributed by atoms with Crippen LogP contribution in [-0.2, 0) is 0 Å². The molecule has 4 rings (SSSR count). The van der Waals surface area contributed by atoms with E-state index in [2.05, 4.69) is 10.1 Å². The third kappa shape index (κ3) is 2.79. The number of carboxylic acids is 1. The van der Waals surface area contributed by atoms with E-state index < -0.39 is 11.8 Å². The van der Waals surface area contributed by atoms with Gasteiger partial charge in [-0.3, -0.25) is 4.79 Å². The Morgan fingerprint density at radius 2 is 1.85 bits per heavy atom. The van der Waals surface area contributed by atoms with Gasteiger partial charge in [-0.05, 0) is 36.8 Å². The Morgan fingerprint density at radius 3 is 2.52 bits per heavy atom. The fourth-order valence-electron chi connectivity index (χ4n) is 3.01. The number of halogens is 1. The van der Waals surface area contributed by atoms with Gasteiger partial charge in [-0.2, -0.15) is 9.61 Å². The molecule has 2 N–H and O–H groups in total. The molecule has 0 saturated carbocycles. The second-order valence-corrected chi connectivity index (χ2v) is 6.12. The largest absolute Gasteiger partial charge is 0.478 e. The lowest BCUT2D eigenvalue weighted by Gasteiger charge is -2.04. The van der Waals surface area contributed by atoms with Crippen molar-refractivity contribution in [1.82, 2.24) is 14.6 Å². The molecule has 0 aliphatic heterocycles. The van der Waals surface area contributed by atoms with Crippen molar-refractivity contribution in [3.63, 3.8) is 0 Å². The van der Waals surface area contributed by atoms with Crippen molar-refractivity contribution in [3.8, 4) is 22.5 Å². The average molecular weight is 363 g/mol. The van der Waals surface area contributed by atoms with Crippen LogP contribution in [0.3, 0.4) is 0 Å². The first-order valence-corrected chi connectivity index (χ1v) is 8.17. The molecule has 2 aromatic heterocycles. The molecule has 0 unspecified atom stereocenters. The summed E-state index contributed by atoms with van der Waals surface area (Å²) in [5, 5.41) is 13.3. The lowest BCUT2D eigenvalue weighted by molar-refractivity contribution is 0.0697. The van der Waals surface area contributed by atoms with Crippen LogP contribution in [0, 0.1) is 12.7 Å². The van der Waals surface area contributed by atoms with Crippen molar-refractivity contribution in [1.29, 1.82) is 0 Å². The van der Waals surface area contributed by atoms with Crippen LogP contribution in [0.1, 0.15) is 15.9 Å². The summed E-state index contributed by atoms with van der Waals surface area (Å²) in [5.74, 6) is -1.44. The Morgan fingerprint density at radius 1 is 1.15 bits per heavy atom. The quantitative estimate of drug-likeness (QED) is 0.583. The van der Waals surface area contributed by atoms with Gasteiger partial charge < -0.3 is 10.1 Å². The van der Waals surface area contributed by atoms with Gasteiger partial charge in [0.2, 0.25) is 0 Å². The molecule has 0 radical (unpaired) electrons. The number of aryl methyl sites for hydroxylation is 1. The number of nitrogens with zero attached hydrogens (tertiary/aromatic N) is 2. The second kappa shape index (κ2) is 6.21. The SMILES string of the molecule is Cc1c(-c2ccccc2F)nn2c(=O)cc(-c3ccc(C(=O)O)cc3)[nH]c12. The van der Waals surface area contributed by atoms with Crippen LogP contribution in [0.15, 0.2) is 59.4 Å². The summed E-state index contributed by atoms with van der Waals surface area (Å²) >= 11 is 0. The van der Waals surface area contributed by atoms with E-state index in [4.69, 9.17) is 5.11 Å². The fourth-order valence-corrected chi connectivity index (χ4v) is 3.01. The number of rotatable bonds is 3. The third-order valence-electron chi connectivity index (χ3n) is 4.42. The van der Waals surface area contributed by atoms with E-state index in [1.165, 1.54) is 28.8 Å². The average Bonchev–Trinajstić information content (AvgIpc) is 2.99. The topological polar surface area (TPSA) is 87.5 Å².